The summed E-state index contributed by atoms with van der Waals surface area (Å²) in [6, 6.07) is 11.2. The molecule has 0 radical (unpaired) electrons. The molecule has 0 aliphatic carbocycles. The molecule has 1 aliphatic rings. The minimum absolute atomic E-state index is 0.137. The van der Waals surface area contributed by atoms with Crippen LogP contribution in [0.5, 0.6) is 5.75 Å². The molecule has 176 valence electrons. The van der Waals surface area contributed by atoms with E-state index in [4.69, 9.17) is 9.47 Å². The van der Waals surface area contributed by atoms with Gasteiger partial charge in [-0.05, 0) is 42.3 Å². The number of nitrogens with one attached hydrogen (secondary N) is 1. The lowest BCUT2D eigenvalue weighted by Gasteiger charge is -2.42. The van der Waals surface area contributed by atoms with Gasteiger partial charge < -0.3 is 14.5 Å². The first kappa shape index (κ1) is 23.2. The van der Waals surface area contributed by atoms with Gasteiger partial charge in [0.1, 0.15) is 5.75 Å². The molecule has 0 amide bonds. The van der Waals surface area contributed by atoms with Gasteiger partial charge in [-0.25, -0.2) is 4.79 Å². The number of piperazine rings is 1. The summed E-state index contributed by atoms with van der Waals surface area (Å²) in [4.78, 5) is 16.3. The number of methoxy groups -OCH3 is 2. The molecule has 0 saturated carbocycles. The van der Waals surface area contributed by atoms with E-state index < -0.39 is 10.9 Å². The molecule has 0 bridgehead atoms. The van der Waals surface area contributed by atoms with Gasteiger partial charge in [-0.3, -0.25) is 4.90 Å². The van der Waals surface area contributed by atoms with Crippen LogP contribution in [0.25, 0.3) is 10.9 Å². The van der Waals surface area contributed by atoms with Crippen LogP contribution in [-0.4, -0.2) is 77.1 Å². The van der Waals surface area contributed by atoms with Crippen LogP contribution in [0.15, 0.2) is 42.6 Å². The van der Waals surface area contributed by atoms with E-state index in [1.807, 2.05) is 24.4 Å². The maximum atomic E-state index is 11.9. The number of quaternary nitrogens is 1. The van der Waals surface area contributed by atoms with Gasteiger partial charge in [0.15, 0.2) is 7.05 Å². The normalized spacial score (nSPS) is 17.9. The quantitative estimate of drug-likeness (QED) is 0.298. The molecule has 1 aliphatic heterocycles. The zero-order chi connectivity index (χ0) is 23.8. The Morgan fingerprint density at radius 2 is 1.91 bits per heavy atom. The Morgan fingerprint density at radius 3 is 2.55 bits per heavy atom. The van der Waals surface area contributed by atoms with Crippen LogP contribution < -0.4 is 4.74 Å². The van der Waals surface area contributed by atoms with Crippen LogP contribution >= 0.6 is 0 Å². The maximum Gasteiger partial charge on any atom is 0.337 e. The lowest BCUT2D eigenvalue weighted by atomic mass is 9.99. The average Bonchev–Trinajstić information content (AvgIpc) is 3.30. The lowest BCUT2D eigenvalue weighted by Crippen LogP contribution is -2.60. The second kappa shape index (κ2) is 9.12. The number of ether oxygens (including phenoxy) is 2. The minimum atomic E-state index is -1.22. The van der Waals surface area contributed by atoms with Gasteiger partial charge in [0.05, 0.1) is 38.9 Å². The van der Waals surface area contributed by atoms with Gasteiger partial charge in [0.25, 0.3) is 0 Å². The zero-order valence-electron chi connectivity index (χ0n) is 19.4. The number of hydrogen-bond donors (Lipinski definition) is 3. The number of fused-ring (bicyclic) bond motifs is 1. The standard InChI is InChI=1S/C24H31N4O5/c1-16-13-22(32-3)20(19-9-10-25-23(16)19)14-26-11-12-27(28(2,30)31)15-21(26)17-5-7-18(8-6-17)24(29)33-4/h5-10,13,21,25,30-31H,11-12,14-15H2,1-4H3/q+1. The van der Waals surface area contributed by atoms with E-state index in [-0.39, 0.29) is 6.04 Å². The highest BCUT2D eigenvalue weighted by atomic mass is 16.9. The van der Waals surface area contributed by atoms with Crippen LogP contribution in [0.1, 0.15) is 33.1 Å². The number of rotatable bonds is 6. The Hall–Kier alpha value is -2.95. The summed E-state index contributed by atoms with van der Waals surface area (Å²) in [5.41, 5.74) is 4.72. The molecular formula is C24H31N4O5+. The Balaban J connectivity index is 1.70. The fourth-order valence-electron chi connectivity index (χ4n) is 4.60. The number of esters is 1. The SMILES string of the molecule is COC(=O)c1ccc(C2CN([N+](C)(O)O)CCN2Cc2c(OC)cc(C)c3[nH]ccc23)cc1. The summed E-state index contributed by atoms with van der Waals surface area (Å²) >= 11 is 0. The number of benzene rings is 2. The minimum Gasteiger partial charge on any atom is -0.496 e. The van der Waals surface area contributed by atoms with E-state index in [0.29, 0.717) is 31.7 Å². The molecule has 2 heterocycles. The van der Waals surface area contributed by atoms with Gasteiger partial charge in [-0.1, -0.05) is 17.1 Å². The Bertz CT molecular complexity index is 1140. The van der Waals surface area contributed by atoms with Crippen molar-refractivity contribution < 1.29 is 29.6 Å². The molecule has 1 unspecified atom stereocenters. The molecule has 1 saturated heterocycles. The summed E-state index contributed by atoms with van der Waals surface area (Å²) < 4.78 is 10.5. The van der Waals surface area contributed by atoms with Crippen molar-refractivity contribution in [2.45, 2.75) is 19.5 Å². The number of H-pyrrole nitrogens is 1. The Labute approximate surface area is 192 Å². The van der Waals surface area contributed by atoms with Gasteiger partial charge in [0.2, 0.25) is 0 Å². The molecule has 33 heavy (non-hydrogen) atoms. The molecule has 3 aromatic rings. The first-order valence-electron chi connectivity index (χ1n) is 10.9. The third-order valence-corrected chi connectivity index (χ3v) is 6.41. The third-order valence-electron chi connectivity index (χ3n) is 6.41. The molecule has 9 nitrogen and oxygen atoms in total. The zero-order valence-corrected chi connectivity index (χ0v) is 19.4. The molecule has 2 aromatic carbocycles. The molecular weight excluding hydrogens is 424 g/mol. The van der Waals surface area contributed by atoms with E-state index in [2.05, 4.69) is 22.9 Å². The van der Waals surface area contributed by atoms with Crippen molar-refractivity contribution in [2.75, 3.05) is 40.9 Å². The molecule has 0 spiro atoms. The number of nitrogens with zero attached hydrogens (tertiary/aromatic N) is 3. The average molecular weight is 456 g/mol. The van der Waals surface area contributed by atoms with E-state index in [1.165, 1.54) is 14.2 Å². The largest absolute Gasteiger partial charge is 0.496 e. The second-order valence-corrected chi connectivity index (χ2v) is 8.52. The first-order chi connectivity index (χ1) is 15.7. The highest BCUT2D eigenvalue weighted by Crippen LogP contribution is 2.35. The van der Waals surface area contributed by atoms with Crippen molar-refractivity contribution in [3.63, 3.8) is 0 Å². The van der Waals surface area contributed by atoms with Crippen molar-refractivity contribution in [1.82, 2.24) is 14.9 Å². The van der Waals surface area contributed by atoms with Crippen molar-refractivity contribution in [2.24, 2.45) is 0 Å². The smallest absolute Gasteiger partial charge is 0.337 e. The number of carbonyl (C=O) groups excluding carboxylic acids is 1. The van der Waals surface area contributed by atoms with Crippen LogP contribution in [0.2, 0.25) is 0 Å². The number of carbonyl (C=O) groups is 1. The van der Waals surface area contributed by atoms with Crippen molar-refractivity contribution in [3.8, 4) is 5.75 Å². The predicted molar refractivity (Wildman–Crippen MR) is 122 cm³/mol. The predicted octanol–water partition coefficient (Wildman–Crippen LogP) is 3.27. The van der Waals surface area contributed by atoms with E-state index in [0.717, 1.165) is 33.3 Å². The van der Waals surface area contributed by atoms with Crippen molar-refractivity contribution >= 4 is 16.9 Å². The summed E-state index contributed by atoms with van der Waals surface area (Å²) in [7, 11) is 4.35. The number of hydroxylamine groups is 2. The molecule has 4 rings (SSSR count). The second-order valence-electron chi connectivity index (χ2n) is 8.52. The van der Waals surface area contributed by atoms with Crippen molar-refractivity contribution in [1.29, 1.82) is 0 Å². The summed E-state index contributed by atoms with van der Waals surface area (Å²) in [6.07, 6.45) is 1.93. The van der Waals surface area contributed by atoms with Crippen LogP contribution in [-0.2, 0) is 11.3 Å². The molecule has 1 aromatic heterocycles. The topological polar surface area (TPSA) is 98.3 Å². The highest BCUT2D eigenvalue weighted by molar-refractivity contribution is 5.89. The number of aromatic amines is 1. The molecule has 9 heteroatoms. The Kier molecular flexibility index (Phi) is 6.42. The lowest BCUT2D eigenvalue weighted by molar-refractivity contribution is -1.31. The summed E-state index contributed by atoms with van der Waals surface area (Å²) in [5.74, 6) is 0.435. The van der Waals surface area contributed by atoms with Crippen LogP contribution in [0, 0.1) is 6.92 Å². The summed E-state index contributed by atoms with van der Waals surface area (Å²) in [5, 5.41) is 23.0. The fraction of sp³-hybridized carbons (Fsp3) is 0.375. The highest BCUT2D eigenvalue weighted by Gasteiger charge is 2.38. The van der Waals surface area contributed by atoms with Gasteiger partial charge in [0, 0.05) is 40.7 Å². The van der Waals surface area contributed by atoms with Gasteiger partial charge >= 0.3 is 5.97 Å². The number of aromatic nitrogens is 1. The molecule has 1 atom stereocenters. The third kappa shape index (κ3) is 4.59. The van der Waals surface area contributed by atoms with Gasteiger partial charge in [-0.15, -0.1) is 0 Å². The first-order valence-corrected chi connectivity index (χ1v) is 10.9. The van der Waals surface area contributed by atoms with E-state index in [9.17, 15) is 15.2 Å². The fourth-order valence-corrected chi connectivity index (χ4v) is 4.60. The Morgan fingerprint density at radius 1 is 1.18 bits per heavy atom. The monoisotopic (exact) mass is 455 g/mol. The number of aryl methyl sites for hydroxylation is 1. The maximum absolute atomic E-state index is 11.9. The number of hydrogen-bond acceptors (Lipinski definition) is 7. The van der Waals surface area contributed by atoms with Crippen LogP contribution in [0.4, 0.5) is 0 Å². The summed E-state index contributed by atoms with van der Waals surface area (Å²) in [6.45, 7) is 4.16. The van der Waals surface area contributed by atoms with Crippen LogP contribution in [0.3, 0.4) is 0 Å². The molecule has 1 fully saturated rings. The van der Waals surface area contributed by atoms with E-state index >= 15 is 0 Å². The van der Waals surface area contributed by atoms with Crippen molar-refractivity contribution in [3.05, 3.63) is 64.8 Å². The van der Waals surface area contributed by atoms with E-state index in [1.54, 1.807) is 24.3 Å². The van der Waals surface area contributed by atoms with Gasteiger partial charge in [-0.2, -0.15) is 10.4 Å². The molecule has 3 N–H and O–H groups in total.